The highest BCUT2D eigenvalue weighted by Gasteiger charge is 2.18. The third-order valence-corrected chi connectivity index (χ3v) is 5.98. The van der Waals surface area contributed by atoms with E-state index < -0.39 is 0 Å². The topological polar surface area (TPSA) is 68.5 Å². The molecule has 0 unspecified atom stereocenters. The first kappa shape index (κ1) is 22.3. The molecule has 0 N–H and O–H groups in total. The molecule has 0 spiro atoms. The normalized spacial score (nSPS) is 11.8. The molecule has 0 saturated carbocycles. The van der Waals surface area contributed by atoms with E-state index in [0.29, 0.717) is 23.1 Å². The molecule has 1 heterocycles. The highest BCUT2D eigenvalue weighted by atomic mass is 16.1. The van der Waals surface area contributed by atoms with Crippen molar-refractivity contribution in [2.45, 2.75) is 40.7 Å². The smallest absolute Gasteiger partial charge is 0.242 e. The summed E-state index contributed by atoms with van der Waals surface area (Å²) in [5.41, 5.74) is 4.95. The zero-order chi connectivity index (χ0) is 23.7. The molecular weight excluding hydrogens is 412 g/mol. The fourth-order valence-corrected chi connectivity index (χ4v) is 4.36. The van der Waals surface area contributed by atoms with E-state index in [1.165, 1.54) is 6.92 Å². The van der Waals surface area contributed by atoms with Crippen LogP contribution in [-0.2, 0) is 11.3 Å². The molecule has 0 bridgehead atoms. The minimum absolute atomic E-state index is 0.0264. The maximum Gasteiger partial charge on any atom is 0.242 e. The fraction of sp³-hybridized carbons (Fsp3) is 0.214. The van der Waals surface area contributed by atoms with Gasteiger partial charge in [0.2, 0.25) is 11.7 Å². The van der Waals surface area contributed by atoms with Gasteiger partial charge in [0.15, 0.2) is 5.78 Å². The van der Waals surface area contributed by atoms with Crippen LogP contribution in [0.2, 0.25) is 0 Å². The lowest BCUT2D eigenvalue weighted by Gasteiger charge is -2.06. The average molecular weight is 439 g/mol. The molecule has 0 aliphatic carbocycles. The second-order valence-electron chi connectivity index (χ2n) is 8.11. The predicted molar refractivity (Wildman–Crippen MR) is 132 cm³/mol. The van der Waals surface area contributed by atoms with Gasteiger partial charge in [-0.25, -0.2) is 4.99 Å². The van der Waals surface area contributed by atoms with Crippen molar-refractivity contribution in [3.05, 3.63) is 82.9 Å². The number of carbonyl (C=O) groups is 3. The Morgan fingerprint density at radius 1 is 0.848 bits per heavy atom. The number of carbonyl (C=O) groups excluding carboxylic acids is 3. The van der Waals surface area contributed by atoms with Crippen LogP contribution >= 0.6 is 0 Å². The lowest BCUT2D eigenvalue weighted by atomic mass is 9.97. The number of hydrogen-bond acceptors (Lipinski definition) is 3. The zero-order valence-electron chi connectivity index (χ0n) is 19.3. The number of benzene rings is 3. The van der Waals surface area contributed by atoms with Gasteiger partial charge in [0, 0.05) is 52.0 Å². The third-order valence-electron chi connectivity index (χ3n) is 5.98. The molecular formula is C28H26N2O3. The van der Waals surface area contributed by atoms with E-state index in [-0.39, 0.29) is 23.2 Å². The number of aromatic nitrogens is 1. The number of rotatable bonds is 6. The Kier molecular flexibility index (Phi) is 6.05. The minimum atomic E-state index is -0.386. The summed E-state index contributed by atoms with van der Waals surface area (Å²) in [6, 6.07) is 18.9. The monoisotopic (exact) mass is 438 g/mol. The molecule has 5 heteroatoms. The summed E-state index contributed by atoms with van der Waals surface area (Å²) in [7, 11) is 0. The first-order valence-corrected chi connectivity index (χ1v) is 11.1. The Labute approximate surface area is 192 Å². The molecule has 4 rings (SSSR count). The lowest BCUT2D eigenvalue weighted by molar-refractivity contribution is -0.115. The van der Waals surface area contributed by atoms with Crippen LogP contribution in [0.5, 0.6) is 0 Å². The average Bonchev–Trinajstić information content (AvgIpc) is 3.14. The summed E-state index contributed by atoms with van der Waals surface area (Å²) in [6.07, 6.45) is 0.377. The van der Waals surface area contributed by atoms with Crippen LogP contribution in [0.3, 0.4) is 0 Å². The second kappa shape index (κ2) is 8.94. The lowest BCUT2D eigenvalue weighted by Crippen LogP contribution is -2.15. The van der Waals surface area contributed by atoms with Crippen molar-refractivity contribution in [3.8, 4) is 0 Å². The van der Waals surface area contributed by atoms with Gasteiger partial charge in [-0.3, -0.25) is 14.4 Å². The van der Waals surface area contributed by atoms with Crippen LogP contribution in [0, 0.1) is 6.92 Å². The van der Waals surface area contributed by atoms with Crippen LogP contribution in [0.25, 0.3) is 21.8 Å². The molecule has 0 fully saturated rings. The number of hydrogen-bond donors (Lipinski definition) is 0. The molecule has 0 radical (unpaired) electrons. The van der Waals surface area contributed by atoms with Crippen LogP contribution in [-0.4, -0.2) is 27.8 Å². The molecule has 4 aromatic rings. The van der Waals surface area contributed by atoms with Crippen molar-refractivity contribution in [3.63, 3.8) is 0 Å². The van der Waals surface area contributed by atoms with Gasteiger partial charge in [-0.1, -0.05) is 31.2 Å². The van der Waals surface area contributed by atoms with E-state index in [1.807, 2.05) is 68.4 Å². The minimum Gasteiger partial charge on any atom is -0.341 e. The highest BCUT2D eigenvalue weighted by Crippen LogP contribution is 2.31. The number of fused-ring (bicyclic) bond motifs is 3. The van der Waals surface area contributed by atoms with Crippen molar-refractivity contribution in [1.82, 2.24) is 4.57 Å². The molecule has 1 amide bonds. The van der Waals surface area contributed by atoms with Gasteiger partial charge in [0.05, 0.1) is 5.71 Å². The Morgan fingerprint density at radius 3 is 2.03 bits per heavy atom. The van der Waals surface area contributed by atoms with Gasteiger partial charge >= 0.3 is 0 Å². The highest BCUT2D eigenvalue weighted by molar-refractivity contribution is 6.47. The summed E-state index contributed by atoms with van der Waals surface area (Å²) in [5.74, 6) is -0.663. The van der Waals surface area contributed by atoms with Crippen molar-refractivity contribution in [2.75, 3.05) is 0 Å². The van der Waals surface area contributed by atoms with Crippen LogP contribution < -0.4 is 0 Å². The fourth-order valence-electron chi connectivity index (χ4n) is 4.36. The molecule has 33 heavy (non-hydrogen) atoms. The Bertz CT molecular complexity index is 1460. The predicted octanol–water partition coefficient (Wildman–Crippen LogP) is 5.93. The number of Topliss-reactive ketones (excluding diaryl/α,β-unsaturated/α-hetero) is 1. The number of aryl methyl sites for hydroxylation is 2. The van der Waals surface area contributed by atoms with Gasteiger partial charge < -0.3 is 4.57 Å². The third kappa shape index (κ3) is 4.02. The van der Waals surface area contributed by atoms with E-state index in [0.717, 1.165) is 33.9 Å². The maximum absolute atomic E-state index is 13.2. The van der Waals surface area contributed by atoms with Gasteiger partial charge in [0.1, 0.15) is 0 Å². The Morgan fingerprint density at radius 2 is 1.45 bits per heavy atom. The van der Waals surface area contributed by atoms with Gasteiger partial charge in [0.25, 0.3) is 0 Å². The number of aliphatic imine (C=N–C) groups is 1. The molecule has 0 aliphatic rings. The van der Waals surface area contributed by atoms with Crippen molar-refractivity contribution >= 4 is 45.0 Å². The summed E-state index contributed by atoms with van der Waals surface area (Å²) < 4.78 is 2.17. The molecule has 0 atom stereocenters. The van der Waals surface area contributed by atoms with Gasteiger partial charge in [-0.15, -0.1) is 0 Å². The zero-order valence-corrected chi connectivity index (χ0v) is 19.3. The molecule has 1 aromatic heterocycles. The molecule has 166 valence electrons. The second-order valence-corrected chi connectivity index (χ2v) is 8.11. The molecule has 0 saturated heterocycles. The summed E-state index contributed by atoms with van der Waals surface area (Å²) in [4.78, 5) is 41.6. The number of nitrogens with zero attached hydrogens (tertiary/aromatic N) is 2. The maximum atomic E-state index is 13.2. The van der Waals surface area contributed by atoms with Crippen molar-refractivity contribution < 1.29 is 14.4 Å². The first-order valence-electron chi connectivity index (χ1n) is 11.1. The Hall–Kier alpha value is -3.86. The van der Waals surface area contributed by atoms with E-state index in [2.05, 4.69) is 16.5 Å². The van der Waals surface area contributed by atoms with Gasteiger partial charge in [-0.2, -0.15) is 0 Å². The number of amides is 1. The molecule has 3 aromatic carbocycles. The van der Waals surface area contributed by atoms with E-state index in [1.54, 1.807) is 6.07 Å². The van der Waals surface area contributed by atoms with Crippen LogP contribution in [0.4, 0.5) is 0 Å². The summed E-state index contributed by atoms with van der Waals surface area (Å²) >= 11 is 0. The quantitative estimate of drug-likeness (QED) is 0.277. The van der Waals surface area contributed by atoms with Gasteiger partial charge in [-0.05, 0) is 62.2 Å². The van der Waals surface area contributed by atoms with E-state index in [4.69, 9.17) is 0 Å². The summed E-state index contributed by atoms with van der Waals surface area (Å²) in [5, 5.41) is 1.82. The summed E-state index contributed by atoms with van der Waals surface area (Å²) in [6.45, 7) is 7.91. The molecule has 0 aliphatic heterocycles. The SMILES string of the molecule is CCC(=NC(C)=O)C(=O)c1ccc2c(c1)c1cc(C(=O)c3ccccc3C)ccc1n2CC. The number of ketones is 2. The van der Waals surface area contributed by atoms with Crippen LogP contribution in [0.1, 0.15) is 59.0 Å². The van der Waals surface area contributed by atoms with Crippen molar-refractivity contribution in [1.29, 1.82) is 0 Å². The van der Waals surface area contributed by atoms with E-state index in [9.17, 15) is 14.4 Å². The van der Waals surface area contributed by atoms with Crippen LogP contribution in [0.15, 0.2) is 65.7 Å². The Balaban J connectivity index is 1.90. The van der Waals surface area contributed by atoms with E-state index >= 15 is 0 Å². The standard InChI is InChI=1S/C28H26N2O3/c1-5-24(29-18(4)31)28(33)20-12-14-26-23(16-20)22-15-19(11-13-25(22)30(26)6-2)27(32)21-10-8-7-9-17(21)3/h7-16H,5-6H2,1-4H3. The largest absolute Gasteiger partial charge is 0.341 e. The van der Waals surface area contributed by atoms with Crippen molar-refractivity contribution in [2.24, 2.45) is 4.99 Å². The first-order chi connectivity index (χ1) is 15.8. The molecule has 5 nitrogen and oxygen atoms in total.